The number of hydrogen-bond donors (Lipinski definition) is 16. The fraction of sp³-hybridized carbons (Fsp3) is 0.136. The average Bonchev–Trinajstić information content (AvgIpc) is 3.25. The maximum atomic E-state index is 13.7. The molecule has 66 heavy (non-hydrogen) atoms. The lowest BCUT2D eigenvalue weighted by Crippen LogP contribution is -2.36. The van der Waals surface area contributed by atoms with Gasteiger partial charge in [0.05, 0.1) is 11.1 Å². The highest BCUT2D eigenvalue weighted by Crippen LogP contribution is 2.58. The molecule has 0 spiro atoms. The predicted molar refractivity (Wildman–Crippen MR) is 217 cm³/mol. The first kappa shape index (κ1) is 43.3. The Balaban J connectivity index is 1.34. The lowest BCUT2D eigenvalue weighted by atomic mass is 9.83. The zero-order valence-corrected chi connectivity index (χ0v) is 33.1. The number of ether oxygens (including phenoxy) is 4. The Morgan fingerprint density at radius 1 is 0.394 bits per heavy atom. The largest absolute Gasteiger partial charge is 0.508 e. The van der Waals surface area contributed by atoms with Gasteiger partial charge in [-0.2, -0.15) is 0 Å². The summed E-state index contributed by atoms with van der Waals surface area (Å²) < 4.78 is 23.8. The van der Waals surface area contributed by atoms with Crippen molar-refractivity contribution < 1.29 is 110 Å². The number of rotatable bonds is 7. The fourth-order valence-electron chi connectivity index (χ4n) is 7.79. The van der Waals surface area contributed by atoms with Gasteiger partial charge in [0.25, 0.3) is 0 Å². The molecule has 8 rings (SSSR count). The number of aromatic hydroxyl groups is 16. The van der Waals surface area contributed by atoms with E-state index < -0.39 is 175 Å². The smallest absolute Gasteiger partial charge is 0.338 e. The zero-order valence-electron chi connectivity index (χ0n) is 33.1. The Kier molecular flexibility index (Phi) is 10.4. The van der Waals surface area contributed by atoms with Gasteiger partial charge in [0.1, 0.15) is 46.7 Å². The van der Waals surface area contributed by atoms with Crippen molar-refractivity contribution in [2.24, 2.45) is 0 Å². The van der Waals surface area contributed by atoms with Gasteiger partial charge in [-0.3, -0.25) is 0 Å². The molecule has 4 atom stereocenters. The molecule has 6 aromatic rings. The molecule has 2 aliphatic heterocycles. The van der Waals surface area contributed by atoms with Crippen molar-refractivity contribution in [2.75, 3.05) is 0 Å². The van der Waals surface area contributed by atoms with E-state index in [0.29, 0.717) is 0 Å². The summed E-state index contributed by atoms with van der Waals surface area (Å²) in [6.07, 6.45) is -8.25. The molecule has 342 valence electrons. The van der Waals surface area contributed by atoms with Crippen molar-refractivity contribution in [3.05, 3.63) is 94.0 Å². The molecule has 6 aromatic carbocycles. The first-order valence-electron chi connectivity index (χ1n) is 19.0. The number of esters is 2. The van der Waals surface area contributed by atoms with Crippen LogP contribution in [0.5, 0.6) is 103 Å². The Bertz CT molecular complexity index is 2790. The third-order valence-corrected chi connectivity index (χ3v) is 10.9. The van der Waals surface area contributed by atoms with Crippen molar-refractivity contribution in [3.8, 4) is 115 Å². The fourth-order valence-corrected chi connectivity index (χ4v) is 7.79. The van der Waals surface area contributed by atoms with Crippen molar-refractivity contribution >= 4 is 11.9 Å². The van der Waals surface area contributed by atoms with Crippen LogP contribution >= 0.6 is 0 Å². The summed E-state index contributed by atoms with van der Waals surface area (Å²) in [6, 6.07) is 8.30. The summed E-state index contributed by atoms with van der Waals surface area (Å²) >= 11 is 0. The number of benzene rings is 6. The number of phenols is 16. The van der Waals surface area contributed by atoms with Crippen LogP contribution in [-0.4, -0.2) is 106 Å². The second-order valence-corrected chi connectivity index (χ2v) is 15.1. The van der Waals surface area contributed by atoms with Crippen LogP contribution in [0.2, 0.25) is 0 Å². The Hall–Kier alpha value is -9.34. The van der Waals surface area contributed by atoms with Crippen LogP contribution in [0.15, 0.2) is 60.7 Å². The van der Waals surface area contributed by atoms with Crippen LogP contribution < -0.4 is 9.47 Å². The molecule has 0 fully saturated rings. The topological polar surface area (TPSA) is 395 Å². The van der Waals surface area contributed by atoms with E-state index in [4.69, 9.17) is 18.9 Å². The maximum Gasteiger partial charge on any atom is 0.338 e. The molecule has 1 unspecified atom stereocenters. The SMILES string of the molecule is O=C(OC1Cc2c(O)cc(O)cc2O[C@@H]1c1cc(O)c(O)c(O)c1-c1c([C@@H]2Oc3cc(O)cc(O)c3C[C@@H]2OC(=O)c2cc(O)c(O)c(O)c2)cc(O)c(O)c1O)c1cc(O)c(O)c(O)c1. The van der Waals surface area contributed by atoms with Gasteiger partial charge in [0, 0.05) is 70.5 Å². The normalized spacial score (nSPS) is 17.4. The molecule has 22 nitrogen and oxygen atoms in total. The molecule has 0 bridgehead atoms. The molecule has 0 aromatic heterocycles. The lowest BCUT2D eigenvalue weighted by molar-refractivity contribution is -0.0196. The van der Waals surface area contributed by atoms with Crippen LogP contribution in [0.25, 0.3) is 11.1 Å². The average molecular weight is 915 g/mol. The van der Waals surface area contributed by atoms with Gasteiger partial charge in [-0.25, -0.2) is 9.59 Å². The summed E-state index contributed by atoms with van der Waals surface area (Å²) in [4.78, 5) is 27.3. The number of carbonyl (C=O) groups excluding carboxylic acids is 2. The summed E-state index contributed by atoms with van der Waals surface area (Å²) in [5.41, 5.74) is -3.93. The van der Waals surface area contributed by atoms with Gasteiger partial charge in [-0.05, 0) is 36.4 Å². The number of phenolic OH excluding ortho intramolecular Hbond substituents is 16. The van der Waals surface area contributed by atoms with Crippen molar-refractivity contribution in [1.29, 1.82) is 0 Å². The molecular weight excluding hydrogens is 880 g/mol. The van der Waals surface area contributed by atoms with Crippen LogP contribution in [0.1, 0.15) is 55.2 Å². The first-order valence-corrected chi connectivity index (χ1v) is 19.0. The Morgan fingerprint density at radius 3 is 1.05 bits per heavy atom. The molecule has 0 aliphatic carbocycles. The van der Waals surface area contributed by atoms with Crippen LogP contribution in [0.3, 0.4) is 0 Å². The van der Waals surface area contributed by atoms with Gasteiger partial charge in [-0.1, -0.05) is 0 Å². The van der Waals surface area contributed by atoms with E-state index in [-0.39, 0.29) is 22.6 Å². The molecular formula is C44H34O22. The second-order valence-electron chi connectivity index (χ2n) is 15.1. The number of fused-ring (bicyclic) bond motifs is 2. The molecule has 0 amide bonds. The lowest BCUT2D eigenvalue weighted by Gasteiger charge is -2.37. The number of hydrogen-bond acceptors (Lipinski definition) is 22. The number of carbonyl (C=O) groups is 2. The highest BCUT2D eigenvalue weighted by Gasteiger charge is 2.44. The van der Waals surface area contributed by atoms with E-state index >= 15 is 0 Å². The van der Waals surface area contributed by atoms with Gasteiger partial charge < -0.3 is 101 Å². The van der Waals surface area contributed by atoms with Gasteiger partial charge in [-0.15, -0.1) is 0 Å². The summed E-state index contributed by atoms with van der Waals surface area (Å²) in [5, 5.41) is 170. The highest BCUT2D eigenvalue weighted by atomic mass is 16.6. The third-order valence-electron chi connectivity index (χ3n) is 10.9. The third kappa shape index (κ3) is 7.32. The minimum absolute atomic E-state index is 0.0847. The monoisotopic (exact) mass is 914 g/mol. The summed E-state index contributed by atoms with van der Waals surface area (Å²) in [7, 11) is 0. The molecule has 16 N–H and O–H groups in total. The molecule has 0 saturated carbocycles. The highest BCUT2D eigenvalue weighted by molar-refractivity contribution is 5.93. The minimum Gasteiger partial charge on any atom is -0.508 e. The van der Waals surface area contributed by atoms with Crippen LogP contribution in [-0.2, 0) is 22.3 Å². The van der Waals surface area contributed by atoms with Crippen molar-refractivity contribution in [3.63, 3.8) is 0 Å². The van der Waals surface area contributed by atoms with E-state index in [1.165, 1.54) is 0 Å². The molecule has 2 heterocycles. The summed E-state index contributed by atoms with van der Waals surface area (Å²) in [5.74, 6) is -18.5. The molecule has 22 heteroatoms. The van der Waals surface area contributed by atoms with Crippen LogP contribution in [0.4, 0.5) is 0 Å². The quantitative estimate of drug-likeness (QED) is 0.0777. The van der Waals surface area contributed by atoms with Gasteiger partial charge >= 0.3 is 11.9 Å². The van der Waals surface area contributed by atoms with Crippen molar-refractivity contribution in [2.45, 2.75) is 37.3 Å². The summed E-state index contributed by atoms with van der Waals surface area (Å²) in [6.45, 7) is 0. The first-order chi connectivity index (χ1) is 31.1. The second kappa shape index (κ2) is 15.8. The van der Waals surface area contributed by atoms with E-state index in [0.717, 1.165) is 60.7 Å². The van der Waals surface area contributed by atoms with Gasteiger partial charge in [0.15, 0.2) is 69.7 Å². The Labute approximate surface area is 367 Å². The molecule has 0 radical (unpaired) electrons. The van der Waals surface area contributed by atoms with Crippen molar-refractivity contribution in [1.82, 2.24) is 0 Å². The standard InChI is InChI=1S/C44H34O22/c45-15-5-21(47)17-11-31(65-43(61)13-1-23(49)35(55)24(50)2-13)41(63-29(17)7-15)19-9-27(53)37(57)39(59)33(19)34-20(10-28(54)38(58)40(34)60)42-32(12-18-22(48)6-16(46)8-30(18)64-42)66-44(62)14-3-25(51)36(56)26(52)4-14/h1-10,31-32,41-42,45-60H,11-12H2/t31-,32?,41-,42+/m0/s1. The van der Waals surface area contributed by atoms with Gasteiger partial charge in [0.2, 0.25) is 11.5 Å². The maximum absolute atomic E-state index is 13.7. The predicted octanol–water partition coefficient (Wildman–Crippen LogP) is 4.45. The van der Waals surface area contributed by atoms with E-state index in [1.54, 1.807) is 0 Å². The molecule has 0 saturated heterocycles. The molecule has 2 aliphatic rings. The minimum atomic E-state index is -1.87. The van der Waals surface area contributed by atoms with E-state index in [9.17, 15) is 91.3 Å². The van der Waals surface area contributed by atoms with Crippen LogP contribution in [0, 0.1) is 0 Å². The van der Waals surface area contributed by atoms with E-state index in [1.807, 2.05) is 0 Å². The zero-order chi connectivity index (χ0) is 47.8. The Morgan fingerprint density at radius 2 is 0.712 bits per heavy atom. The van der Waals surface area contributed by atoms with E-state index in [2.05, 4.69) is 0 Å².